The summed E-state index contributed by atoms with van der Waals surface area (Å²) in [6, 6.07) is 14.1. The third-order valence-electron chi connectivity index (χ3n) is 4.10. The van der Waals surface area contributed by atoms with E-state index in [4.69, 9.17) is 4.74 Å². The van der Waals surface area contributed by atoms with E-state index < -0.39 is 0 Å². The average Bonchev–Trinajstić information content (AvgIpc) is 2.84. The van der Waals surface area contributed by atoms with Gasteiger partial charge in [-0.1, -0.05) is 43.3 Å². The minimum atomic E-state index is -0.138. The number of hydrogen-bond acceptors (Lipinski definition) is 2. The Labute approximate surface area is 131 Å². The first-order valence-corrected chi connectivity index (χ1v) is 7.81. The van der Waals surface area contributed by atoms with Gasteiger partial charge in [0.25, 0.3) is 0 Å². The van der Waals surface area contributed by atoms with Gasteiger partial charge in [0.15, 0.2) is 0 Å². The molecule has 3 nitrogen and oxygen atoms in total. The highest BCUT2D eigenvalue weighted by Crippen LogP contribution is 2.38. The van der Waals surface area contributed by atoms with Crippen LogP contribution in [0.15, 0.2) is 42.5 Å². The van der Waals surface area contributed by atoms with Crippen molar-refractivity contribution in [3.05, 3.63) is 59.2 Å². The highest BCUT2D eigenvalue weighted by molar-refractivity contribution is 6.03. The fourth-order valence-corrected chi connectivity index (χ4v) is 2.95. The van der Waals surface area contributed by atoms with Gasteiger partial charge in [-0.3, -0.25) is 4.79 Å². The van der Waals surface area contributed by atoms with E-state index in [9.17, 15) is 4.79 Å². The lowest BCUT2D eigenvalue weighted by Crippen LogP contribution is -2.15. The van der Waals surface area contributed by atoms with E-state index in [0.717, 1.165) is 34.5 Å². The Balaban J connectivity index is 1.89. The predicted octanol–water partition coefficient (Wildman–Crippen LogP) is 4.06. The molecule has 1 N–H and O–H groups in total. The molecule has 2 aromatic rings. The molecule has 1 aliphatic rings. The van der Waals surface area contributed by atoms with Gasteiger partial charge in [-0.2, -0.15) is 0 Å². The fraction of sp³-hybridized carbons (Fsp3) is 0.316. The van der Waals surface area contributed by atoms with Crippen LogP contribution in [0.4, 0.5) is 5.69 Å². The molecule has 1 unspecified atom stereocenters. The standard InChI is InChI=1S/C19H21NO2/c1-3-11-22-17-10-5-4-8-14(17)12-16-15-9-6-7-13(2)18(15)20-19(16)21/h4-10,16H,3,11-12H2,1-2H3,(H,20,21). The number of carbonyl (C=O) groups is 1. The van der Waals surface area contributed by atoms with Crippen LogP contribution in [0.25, 0.3) is 0 Å². The monoisotopic (exact) mass is 295 g/mol. The molecule has 2 aromatic carbocycles. The van der Waals surface area contributed by atoms with Crippen molar-refractivity contribution in [2.24, 2.45) is 0 Å². The summed E-state index contributed by atoms with van der Waals surface area (Å²) < 4.78 is 5.81. The normalized spacial score (nSPS) is 16.3. The number of para-hydroxylation sites is 2. The van der Waals surface area contributed by atoms with Gasteiger partial charge >= 0.3 is 0 Å². The van der Waals surface area contributed by atoms with E-state index in [-0.39, 0.29) is 11.8 Å². The van der Waals surface area contributed by atoms with E-state index in [1.165, 1.54) is 0 Å². The summed E-state index contributed by atoms with van der Waals surface area (Å²) in [5, 5.41) is 3.02. The molecule has 22 heavy (non-hydrogen) atoms. The Morgan fingerprint density at radius 3 is 2.77 bits per heavy atom. The maximum atomic E-state index is 12.4. The zero-order chi connectivity index (χ0) is 15.5. The quantitative estimate of drug-likeness (QED) is 0.903. The van der Waals surface area contributed by atoms with E-state index in [2.05, 4.69) is 12.2 Å². The molecule has 3 heteroatoms. The number of nitrogens with one attached hydrogen (secondary N) is 1. The van der Waals surface area contributed by atoms with Crippen LogP contribution in [0.2, 0.25) is 0 Å². The number of ether oxygens (including phenoxy) is 1. The zero-order valence-corrected chi connectivity index (χ0v) is 13.1. The van der Waals surface area contributed by atoms with Crippen LogP contribution in [0.1, 0.15) is 36.0 Å². The Morgan fingerprint density at radius 2 is 1.95 bits per heavy atom. The zero-order valence-electron chi connectivity index (χ0n) is 13.1. The largest absolute Gasteiger partial charge is 0.493 e. The van der Waals surface area contributed by atoms with Crippen molar-refractivity contribution in [3.8, 4) is 5.75 Å². The lowest BCUT2D eigenvalue weighted by Gasteiger charge is -2.14. The van der Waals surface area contributed by atoms with Crippen LogP contribution in [0.3, 0.4) is 0 Å². The predicted molar refractivity (Wildman–Crippen MR) is 88.5 cm³/mol. The summed E-state index contributed by atoms with van der Waals surface area (Å²) in [6.07, 6.45) is 1.64. The summed E-state index contributed by atoms with van der Waals surface area (Å²) in [4.78, 5) is 12.4. The molecule has 1 amide bonds. The number of fused-ring (bicyclic) bond motifs is 1. The number of anilines is 1. The van der Waals surface area contributed by atoms with Gasteiger partial charge in [0.2, 0.25) is 5.91 Å². The first-order chi connectivity index (χ1) is 10.7. The minimum absolute atomic E-state index is 0.0783. The number of aryl methyl sites for hydroxylation is 1. The minimum Gasteiger partial charge on any atom is -0.493 e. The van der Waals surface area contributed by atoms with Gasteiger partial charge in [0.1, 0.15) is 5.75 Å². The summed E-state index contributed by atoms with van der Waals surface area (Å²) >= 11 is 0. The van der Waals surface area contributed by atoms with Crippen LogP contribution in [-0.4, -0.2) is 12.5 Å². The highest BCUT2D eigenvalue weighted by Gasteiger charge is 2.31. The molecule has 0 saturated carbocycles. The van der Waals surface area contributed by atoms with Gasteiger partial charge in [-0.15, -0.1) is 0 Å². The van der Waals surface area contributed by atoms with E-state index in [1.807, 2.05) is 49.4 Å². The molecule has 0 saturated heterocycles. The van der Waals surface area contributed by atoms with Crippen molar-refractivity contribution >= 4 is 11.6 Å². The molecule has 0 bridgehead atoms. The van der Waals surface area contributed by atoms with Crippen LogP contribution >= 0.6 is 0 Å². The van der Waals surface area contributed by atoms with Gasteiger partial charge in [0.05, 0.1) is 12.5 Å². The van der Waals surface area contributed by atoms with Crippen molar-refractivity contribution in [2.75, 3.05) is 11.9 Å². The van der Waals surface area contributed by atoms with Crippen molar-refractivity contribution in [1.29, 1.82) is 0 Å². The van der Waals surface area contributed by atoms with Gasteiger partial charge in [-0.05, 0) is 42.5 Å². The molecule has 0 aliphatic carbocycles. The second kappa shape index (κ2) is 6.22. The first-order valence-electron chi connectivity index (χ1n) is 7.81. The molecular weight excluding hydrogens is 274 g/mol. The average molecular weight is 295 g/mol. The van der Waals surface area contributed by atoms with Gasteiger partial charge in [-0.25, -0.2) is 0 Å². The molecule has 114 valence electrons. The van der Waals surface area contributed by atoms with Crippen molar-refractivity contribution in [1.82, 2.24) is 0 Å². The second-order valence-corrected chi connectivity index (χ2v) is 5.74. The lowest BCUT2D eigenvalue weighted by molar-refractivity contribution is -0.117. The highest BCUT2D eigenvalue weighted by atomic mass is 16.5. The maximum absolute atomic E-state index is 12.4. The molecule has 0 spiro atoms. The van der Waals surface area contributed by atoms with Crippen LogP contribution in [0, 0.1) is 6.92 Å². The Bertz CT molecular complexity index is 694. The molecule has 3 rings (SSSR count). The van der Waals surface area contributed by atoms with E-state index in [1.54, 1.807) is 0 Å². The van der Waals surface area contributed by atoms with Crippen molar-refractivity contribution in [2.45, 2.75) is 32.6 Å². The summed E-state index contributed by atoms with van der Waals surface area (Å²) in [5.41, 5.74) is 4.27. The number of benzene rings is 2. The van der Waals surface area contributed by atoms with Crippen molar-refractivity contribution in [3.63, 3.8) is 0 Å². The Kier molecular flexibility index (Phi) is 4.14. The third-order valence-corrected chi connectivity index (χ3v) is 4.10. The first kappa shape index (κ1) is 14.6. The van der Waals surface area contributed by atoms with Crippen molar-refractivity contribution < 1.29 is 9.53 Å². The van der Waals surface area contributed by atoms with E-state index in [0.29, 0.717) is 13.0 Å². The molecule has 0 radical (unpaired) electrons. The number of carbonyl (C=O) groups excluding carboxylic acids is 1. The summed E-state index contributed by atoms with van der Waals surface area (Å²) in [7, 11) is 0. The summed E-state index contributed by atoms with van der Waals surface area (Å²) in [5.74, 6) is 0.828. The SMILES string of the molecule is CCCOc1ccccc1CC1C(=O)Nc2c(C)cccc21. The molecular formula is C19H21NO2. The van der Waals surface area contributed by atoms with Crippen LogP contribution < -0.4 is 10.1 Å². The molecule has 1 aliphatic heterocycles. The molecule has 0 aromatic heterocycles. The number of amides is 1. The third kappa shape index (κ3) is 2.71. The van der Waals surface area contributed by atoms with Crippen LogP contribution in [0.5, 0.6) is 5.75 Å². The summed E-state index contributed by atoms with van der Waals surface area (Å²) in [6.45, 7) is 4.81. The smallest absolute Gasteiger partial charge is 0.232 e. The topological polar surface area (TPSA) is 38.3 Å². The lowest BCUT2D eigenvalue weighted by atomic mass is 9.92. The van der Waals surface area contributed by atoms with E-state index >= 15 is 0 Å². The molecule has 0 fully saturated rings. The van der Waals surface area contributed by atoms with Gasteiger partial charge < -0.3 is 10.1 Å². The Hall–Kier alpha value is -2.29. The maximum Gasteiger partial charge on any atom is 0.232 e. The van der Waals surface area contributed by atoms with Crippen LogP contribution in [-0.2, 0) is 11.2 Å². The molecule has 1 heterocycles. The molecule has 1 atom stereocenters. The Morgan fingerprint density at radius 1 is 1.14 bits per heavy atom. The second-order valence-electron chi connectivity index (χ2n) is 5.74. The fourth-order valence-electron chi connectivity index (χ4n) is 2.95. The number of hydrogen-bond donors (Lipinski definition) is 1. The number of rotatable bonds is 5. The van der Waals surface area contributed by atoms with Gasteiger partial charge in [0, 0.05) is 5.69 Å².